The van der Waals surface area contributed by atoms with Gasteiger partial charge < -0.3 is 10.0 Å². The van der Waals surface area contributed by atoms with Crippen LogP contribution in [0.2, 0.25) is 0 Å². The molecular weight excluding hydrogens is 390 g/mol. The Balaban J connectivity index is 1.59. The third kappa shape index (κ3) is 4.90. The summed E-state index contributed by atoms with van der Waals surface area (Å²) in [5.74, 6) is 5.78. The lowest BCUT2D eigenvalue weighted by Crippen LogP contribution is -1.96. The summed E-state index contributed by atoms with van der Waals surface area (Å²) in [5, 5.41) is 3.30. The zero-order chi connectivity index (χ0) is 20.8. The minimum absolute atomic E-state index is 0.188. The van der Waals surface area contributed by atoms with Crippen LogP contribution in [-0.2, 0) is 0 Å². The Kier molecular flexibility index (Phi) is 6.15. The van der Waals surface area contributed by atoms with E-state index in [4.69, 9.17) is 4.98 Å². The van der Waals surface area contributed by atoms with E-state index in [0.29, 0.717) is 5.82 Å². The number of fused-ring (bicyclic) bond motifs is 1. The summed E-state index contributed by atoms with van der Waals surface area (Å²) in [4.78, 5) is 13.7. The third-order valence-electron chi connectivity index (χ3n) is 4.46. The Hall–Kier alpha value is -3.51. The van der Waals surface area contributed by atoms with Crippen LogP contribution >= 0.6 is 10.7 Å². The van der Waals surface area contributed by atoms with Crippen LogP contribution in [0.4, 0.5) is 17.2 Å². The topological polar surface area (TPSA) is 62.7 Å². The summed E-state index contributed by atoms with van der Waals surface area (Å²) in [6.07, 6.45) is 9.59. The number of pyridine rings is 1. The van der Waals surface area contributed by atoms with Gasteiger partial charge in [-0.1, -0.05) is 42.3 Å². The highest BCUT2D eigenvalue weighted by Gasteiger charge is 2.06. The normalized spacial score (nSPS) is 12.2. The van der Waals surface area contributed by atoms with Gasteiger partial charge in [0.25, 0.3) is 0 Å². The molecular formula is C24H23N5S. The van der Waals surface area contributed by atoms with Crippen molar-refractivity contribution in [3.63, 3.8) is 0 Å². The van der Waals surface area contributed by atoms with E-state index >= 15 is 0 Å². The smallest absolute Gasteiger partial charge is 0.149 e. The van der Waals surface area contributed by atoms with E-state index in [1.165, 1.54) is 0 Å². The molecule has 2 heterocycles. The van der Waals surface area contributed by atoms with E-state index < -0.39 is 0 Å². The van der Waals surface area contributed by atoms with Gasteiger partial charge in [-0.3, -0.25) is 9.97 Å². The zero-order valence-corrected chi connectivity index (χ0v) is 17.6. The second-order valence-electron chi connectivity index (χ2n) is 6.74. The number of para-hydroxylation sites is 1. The second kappa shape index (κ2) is 9.33. The van der Waals surface area contributed by atoms with Gasteiger partial charge in [0, 0.05) is 23.2 Å². The molecule has 0 aliphatic heterocycles. The van der Waals surface area contributed by atoms with Gasteiger partial charge in [0.05, 0.1) is 29.1 Å². The van der Waals surface area contributed by atoms with Gasteiger partial charge >= 0.3 is 0 Å². The van der Waals surface area contributed by atoms with Crippen molar-refractivity contribution in [2.24, 2.45) is 0 Å². The molecule has 5 nitrogen and oxygen atoms in total. The Labute approximate surface area is 179 Å². The fraction of sp³-hybridized carbons (Fsp3) is 0.0833. The molecule has 4 aromatic rings. The summed E-state index contributed by atoms with van der Waals surface area (Å²) < 4.78 is 3.43. The lowest BCUT2D eigenvalue weighted by Gasteiger charge is -2.11. The molecule has 2 aromatic heterocycles. The number of allylic oxidation sites excluding steroid dienone is 1. The quantitative estimate of drug-likeness (QED) is 0.286. The fourth-order valence-corrected chi connectivity index (χ4v) is 3.95. The minimum atomic E-state index is -0.188. The van der Waals surface area contributed by atoms with Gasteiger partial charge in [-0.2, -0.15) is 0 Å². The first-order valence-electron chi connectivity index (χ1n) is 9.64. The Morgan fingerprint density at radius 2 is 1.80 bits per heavy atom. The van der Waals surface area contributed by atoms with Crippen LogP contribution in [0.15, 0.2) is 85.3 Å². The third-order valence-corrected chi connectivity index (χ3v) is 5.57. The molecule has 0 fully saturated rings. The number of hydrogen-bond acceptors (Lipinski definition) is 5. The van der Waals surface area contributed by atoms with Crippen molar-refractivity contribution in [2.75, 3.05) is 15.8 Å². The van der Waals surface area contributed by atoms with Gasteiger partial charge in [-0.15, -0.1) is 10.7 Å². The van der Waals surface area contributed by atoms with Crippen LogP contribution in [0.3, 0.4) is 0 Å². The Morgan fingerprint density at radius 3 is 2.63 bits per heavy atom. The van der Waals surface area contributed by atoms with Crippen molar-refractivity contribution in [1.82, 2.24) is 15.0 Å². The van der Waals surface area contributed by atoms with Crippen molar-refractivity contribution in [3.05, 3.63) is 85.3 Å². The van der Waals surface area contributed by atoms with Crippen LogP contribution in [0.5, 0.6) is 0 Å². The molecule has 2 aromatic carbocycles. The average Bonchev–Trinajstić information content (AvgIpc) is 2.78. The Bertz CT molecular complexity index is 1200. The van der Waals surface area contributed by atoms with Crippen molar-refractivity contribution in [2.45, 2.75) is 6.92 Å². The molecule has 2 N–H and O–H groups in total. The molecule has 0 radical (unpaired) electrons. The number of aromatic nitrogens is 3. The largest absolute Gasteiger partial charge is 0.339 e. The molecule has 0 aliphatic carbocycles. The summed E-state index contributed by atoms with van der Waals surface area (Å²) in [5.41, 5.74) is 5.69. The van der Waals surface area contributed by atoms with E-state index in [2.05, 4.69) is 38.0 Å². The van der Waals surface area contributed by atoms with Crippen molar-refractivity contribution < 1.29 is 0 Å². The second-order valence-corrected chi connectivity index (χ2v) is 8.27. The first-order valence-corrected chi connectivity index (χ1v) is 11.2. The maximum absolute atomic E-state index is 4.74. The molecule has 1 atom stereocenters. The molecule has 30 heavy (non-hydrogen) atoms. The first-order chi connectivity index (χ1) is 14.7. The fourth-order valence-electron chi connectivity index (χ4n) is 2.99. The number of nitrogens with one attached hydrogen (secondary N) is 2. The first kappa shape index (κ1) is 19.8. The molecule has 0 saturated carbocycles. The van der Waals surface area contributed by atoms with Crippen molar-refractivity contribution in [1.29, 1.82) is 0 Å². The summed E-state index contributed by atoms with van der Waals surface area (Å²) in [6, 6.07) is 18.1. The number of hydrogen-bond donors (Lipinski definition) is 2. The van der Waals surface area contributed by atoms with E-state index in [0.717, 1.165) is 39.3 Å². The van der Waals surface area contributed by atoms with Crippen molar-refractivity contribution in [3.8, 4) is 11.1 Å². The van der Waals surface area contributed by atoms with Gasteiger partial charge in [0.15, 0.2) is 0 Å². The average molecular weight is 414 g/mol. The van der Waals surface area contributed by atoms with Crippen LogP contribution < -0.4 is 10.0 Å². The lowest BCUT2D eigenvalue weighted by molar-refractivity contribution is 1.28. The van der Waals surface area contributed by atoms with Crippen LogP contribution in [-0.4, -0.2) is 26.6 Å². The maximum Gasteiger partial charge on any atom is 0.149 e. The van der Waals surface area contributed by atoms with Gasteiger partial charge in [-0.25, -0.2) is 4.98 Å². The van der Waals surface area contributed by atoms with Gasteiger partial charge in [0.2, 0.25) is 0 Å². The highest BCUT2D eigenvalue weighted by molar-refractivity contribution is 8.15. The van der Waals surface area contributed by atoms with Crippen molar-refractivity contribution >= 4 is 44.8 Å². The molecule has 0 aliphatic rings. The Morgan fingerprint density at radius 1 is 0.933 bits per heavy atom. The number of benzene rings is 2. The highest BCUT2D eigenvalue weighted by atomic mass is 32.2. The van der Waals surface area contributed by atoms with Gasteiger partial charge in [-0.05, 0) is 42.8 Å². The predicted octanol–water partition coefficient (Wildman–Crippen LogP) is 6.04. The standard InChI is InChI=1S/C24H23N5S/c1-3-4-12-30(2)29-21-13-19(15-25-16-21)18-10-11-22-23(14-18)28-24(17-26-22)27-20-8-6-5-7-9-20/h3-11,13-17,29H,2,12H2,1H3,(H,27,28). The molecule has 150 valence electrons. The highest BCUT2D eigenvalue weighted by Crippen LogP contribution is 2.27. The summed E-state index contributed by atoms with van der Waals surface area (Å²) >= 11 is 0. The van der Waals surface area contributed by atoms with Crippen LogP contribution in [0.1, 0.15) is 6.92 Å². The lowest BCUT2D eigenvalue weighted by atomic mass is 10.1. The molecule has 0 amide bonds. The summed E-state index contributed by atoms with van der Waals surface area (Å²) in [7, 11) is -0.188. The summed E-state index contributed by atoms with van der Waals surface area (Å²) in [6.45, 7) is 2.02. The monoisotopic (exact) mass is 413 g/mol. The van der Waals surface area contributed by atoms with E-state index in [9.17, 15) is 0 Å². The van der Waals surface area contributed by atoms with E-state index in [-0.39, 0.29) is 10.7 Å². The number of nitrogens with zero attached hydrogens (tertiary/aromatic N) is 3. The molecule has 0 bridgehead atoms. The number of anilines is 3. The molecule has 1 unspecified atom stereocenters. The molecule has 4 rings (SSSR count). The molecule has 0 spiro atoms. The van der Waals surface area contributed by atoms with E-state index in [1.807, 2.05) is 73.9 Å². The van der Waals surface area contributed by atoms with Crippen LogP contribution in [0, 0.1) is 0 Å². The van der Waals surface area contributed by atoms with E-state index in [1.54, 1.807) is 6.20 Å². The minimum Gasteiger partial charge on any atom is -0.339 e. The molecule has 0 saturated heterocycles. The van der Waals surface area contributed by atoms with Crippen LogP contribution in [0.25, 0.3) is 22.2 Å². The molecule has 6 heteroatoms. The SMILES string of the molecule is C=S(CC=CC)Nc1cncc(-c2ccc3ncc(Nc4ccccc4)nc3c2)c1. The maximum atomic E-state index is 4.74. The van der Waals surface area contributed by atoms with Gasteiger partial charge in [0.1, 0.15) is 5.82 Å². The zero-order valence-electron chi connectivity index (χ0n) is 16.7. The number of rotatable bonds is 7. The predicted molar refractivity (Wildman–Crippen MR) is 131 cm³/mol.